The minimum atomic E-state index is -0.646. The molecule has 0 aliphatic heterocycles. The fourth-order valence-electron chi connectivity index (χ4n) is 1.42. The quantitative estimate of drug-likeness (QED) is 0.523. The number of aliphatic hydroxyl groups excluding tert-OH is 1. The average molecular weight is 204 g/mol. The molecule has 1 N–H and O–H groups in total. The molecule has 0 bridgehead atoms. The van der Waals surface area contributed by atoms with Crippen LogP contribution in [-0.2, 0) is 14.3 Å². The molecule has 0 fully saturated rings. The van der Waals surface area contributed by atoms with Gasteiger partial charge in [-0.2, -0.15) is 0 Å². The minimum Gasteiger partial charge on any atom is -0.436 e. The molecule has 0 aromatic carbocycles. The van der Waals surface area contributed by atoms with Gasteiger partial charge in [-0.3, -0.25) is 4.79 Å². The zero-order chi connectivity index (χ0) is 11.1. The molecule has 0 amide bonds. The fraction of sp³-hybridized carbons (Fsp3) is 0.900. The number of aliphatic hydroxyl groups is 1. The summed E-state index contributed by atoms with van der Waals surface area (Å²) in [5, 5.41) is 9.66. The monoisotopic (exact) mass is 204 g/mol. The summed E-state index contributed by atoms with van der Waals surface area (Å²) in [6, 6.07) is 0. The van der Waals surface area contributed by atoms with E-state index in [1.165, 1.54) is 14.0 Å². The number of ether oxygens (including phenoxy) is 2. The van der Waals surface area contributed by atoms with Gasteiger partial charge in [0.25, 0.3) is 0 Å². The number of hydrogen-bond acceptors (Lipinski definition) is 4. The van der Waals surface area contributed by atoms with Crippen LogP contribution in [0.2, 0.25) is 0 Å². The molecule has 3 atom stereocenters. The van der Waals surface area contributed by atoms with Gasteiger partial charge in [0, 0.05) is 20.0 Å². The third kappa shape index (κ3) is 4.07. The van der Waals surface area contributed by atoms with Gasteiger partial charge in [-0.1, -0.05) is 13.8 Å². The standard InChI is InChI=1S/C10H20O4/c1-5-8(9(12)6-2)10(13-4)14-7(3)11/h8-10,12H,5-6H2,1-4H3. The molecule has 0 aliphatic carbocycles. The summed E-state index contributed by atoms with van der Waals surface area (Å²) in [5.74, 6) is -0.549. The van der Waals surface area contributed by atoms with E-state index in [0.717, 1.165) is 0 Å². The van der Waals surface area contributed by atoms with E-state index < -0.39 is 18.4 Å². The summed E-state index contributed by atoms with van der Waals surface area (Å²) >= 11 is 0. The van der Waals surface area contributed by atoms with Gasteiger partial charge in [0.1, 0.15) is 0 Å². The van der Waals surface area contributed by atoms with E-state index in [9.17, 15) is 9.90 Å². The summed E-state index contributed by atoms with van der Waals surface area (Å²) in [4.78, 5) is 10.8. The van der Waals surface area contributed by atoms with E-state index >= 15 is 0 Å². The Kier molecular flexibility index (Phi) is 6.49. The number of methoxy groups -OCH3 is 1. The molecule has 3 unspecified atom stereocenters. The molecule has 14 heavy (non-hydrogen) atoms. The highest BCUT2D eigenvalue weighted by Gasteiger charge is 2.28. The zero-order valence-electron chi connectivity index (χ0n) is 9.32. The lowest BCUT2D eigenvalue weighted by Gasteiger charge is -2.27. The smallest absolute Gasteiger partial charge is 0.304 e. The van der Waals surface area contributed by atoms with Gasteiger partial charge < -0.3 is 14.6 Å². The number of esters is 1. The first kappa shape index (κ1) is 13.4. The summed E-state index contributed by atoms with van der Waals surface area (Å²) in [5.41, 5.74) is 0. The van der Waals surface area contributed by atoms with Crippen LogP contribution in [0.1, 0.15) is 33.6 Å². The highest BCUT2D eigenvalue weighted by atomic mass is 16.7. The van der Waals surface area contributed by atoms with Gasteiger partial charge in [0.2, 0.25) is 6.29 Å². The van der Waals surface area contributed by atoms with Crippen molar-refractivity contribution < 1.29 is 19.4 Å². The predicted octanol–water partition coefficient (Wildman–Crippen LogP) is 1.32. The van der Waals surface area contributed by atoms with Crippen LogP contribution in [0.4, 0.5) is 0 Å². The third-order valence-corrected chi connectivity index (χ3v) is 2.25. The summed E-state index contributed by atoms with van der Waals surface area (Å²) in [6.07, 6.45) is 0.192. The summed E-state index contributed by atoms with van der Waals surface area (Å²) in [6.45, 7) is 5.14. The molecule has 0 spiro atoms. The molecule has 0 saturated carbocycles. The van der Waals surface area contributed by atoms with Gasteiger partial charge in [-0.15, -0.1) is 0 Å². The second-order valence-corrected chi connectivity index (χ2v) is 3.26. The molecule has 0 rings (SSSR count). The molecule has 0 aliphatic rings. The van der Waals surface area contributed by atoms with Gasteiger partial charge in [0.15, 0.2) is 0 Å². The van der Waals surface area contributed by atoms with Gasteiger partial charge in [-0.25, -0.2) is 0 Å². The second-order valence-electron chi connectivity index (χ2n) is 3.26. The summed E-state index contributed by atoms with van der Waals surface area (Å²) < 4.78 is 9.99. The maximum Gasteiger partial charge on any atom is 0.304 e. The van der Waals surface area contributed by atoms with E-state index in [4.69, 9.17) is 9.47 Å². The Balaban J connectivity index is 4.35. The van der Waals surface area contributed by atoms with E-state index in [2.05, 4.69) is 0 Å². The largest absolute Gasteiger partial charge is 0.436 e. The number of rotatable bonds is 6. The maximum atomic E-state index is 10.8. The highest BCUT2D eigenvalue weighted by molar-refractivity contribution is 5.66. The van der Waals surface area contributed by atoms with Crippen molar-refractivity contribution >= 4 is 5.97 Å². The Bertz CT molecular complexity index is 170. The molecule has 84 valence electrons. The molecular formula is C10H20O4. The van der Waals surface area contributed by atoms with Crippen molar-refractivity contribution in [3.63, 3.8) is 0 Å². The molecule has 0 radical (unpaired) electrons. The van der Waals surface area contributed by atoms with Crippen LogP contribution in [-0.4, -0.2) is 30.6 Å². The average Bonchev–Trinajstić information content (AvgIpc) is 2.16. The zero-order valence-corrected chi connectivity index (χ0v) is 9.32. The normalized spacial score (nSPS) is 17.2. The molecule has 4 nitrogen and oxygen atoms in total. The van der Waals surface area contributed by atoms with Crippen LogP contribution >= 0.6 is 0 Å². The van der Waals surface area contributed by atoms with Crippen molar-refractivity contribution in [1.82, 2.24) is 0 Å². The SMILES string of the molecule is CCC(O)C(CC)C(OC)OC(C)=O. The Morgan fingerprint density at radius 2 is 1.93 bits per heavy atom. The molecule has 0 aromatic rings. The van der Waals surface area contributed by atoms with Crippen molar-refractivity contribution in [2.75, 3.05) is 7.11 Å². The Labute approximate surface area is 85.2 Å². The topological polar surface area (TPSA) is 55.8 Å². The number of carbonyl (C=O) groups is 1. The minimum absolute atomic E-state index is 0.158. The van der Waals surface area contributed by atoms with Crippen LogP contribution in [0.3, 0.4) is 0 Å². The molecule has 0 saturated heterocycles. The van der Waals surface area contributed by atoms with Gasteiger partial charge in [-0.05, 0) is 12.8 Å². The Hall–Kier alpha value is -0.610. The van der Waals surface area contributed by atoms with Crippen LogP contribution in [0.25, 0.3) is 0 Å². The fourth-order valence-corrected chi connectivity index (χ4v) is 1.42. The van der Waals surface area contributed by atoms with Crippen LogP contribution < -0.4 is 0 Å². The Morgan fingerprint density at radius 1 is 1.36 bits per heavy atom. The van der Waals surface area contributed by atoms with Crippen LogP contribution in [0.5, 0.6) is 0 Å². The van der Waals surface area contributed by atoms with E-state index in [-0.39, 0.29) is 5.92 Å². The molecular weight excluding hydrogens is 184 g/mol. The van der Waals surface area contributed by atoms with Crippen LogP contribution in [0, 0.1) is 5.92 Å². The third-order valence-electron chi connectivity index (χ3n) is 2.25. The van der Waals surface area contributed by atoms with Gasteiger partial charge in [0.05, 0.1) is 6.10 Å². The van der Waals surface area contributed by atoms with E-state index in [0.29, 0.717) is 12.8 Å². The summed E-state index contributed by atoms with van der Waals surface area (Å²) in [7, 11) is 1.47. The lowest BCUT2D eigenvalue weighted by Crippen LogP contribution is -2.35. The lowest BCUT2D eigenvalue weighted by atomic mass is 9.97. The van der Waals surface area contributed by atoms with Crippen molar-refractivity contribution in [2.45, 2.75) is 46.0 Å². The predicted molar refractivity (Wildman–Crippen MR) is 52.6 cm³/mol. The number of hydrogen-bond donors (Lipinski definition) is 1. The molecule has 0 aromatic heterocycles. The van der Waals surface area contributed by atoms with Crippen LogP contribution in [0.15, 0.2) is 0 Å². The highest BCUT2D eigenvalue weighted by Crippen LogP contribution is 2.19. The van der Waals surface area contributed by atoms with Crippen molar-refractivity contribution in [3.8, 4) is 0 Å². The van der Waals surface area contributed by atoms with E-state index in [1.54, 1.807) is 0 Å². The number of carbonyl (C=O) groups excluding carboxylic acids is 1. The maximum absolute atomic E-state index is 10.8. The first-order valence-electron chi connectivity index (χ1n) is 4.94. The molecule has 4 heteroatoms. The van der Waals surface area contributed by atoms with Crippen molar-refractivity contribution in [3.05, 3.63) is 0 Å². The first-order valence-corrected chi connectivity index (χ1v) is 4.94. The van der Waals surface area contributed by atoms with Crippen molar-refractivity contribution in [1.29, 1.82) is 0 Å². The second kappa shape index (κ2) is 6.79. The first-order chi connectivity index (χ1) is 6.56. The van der Waals surface area contributed by atoms with E-state index in [1.807, 2.05) is 13.8 Å². The van der Waals surface area contributed by atoms with Crippen molar-refractivity contribution in [2.24, 2.45) is 5.92 Å². The Morgan fingerprint density at radius 3 is 2.21 bits per heavy atom. The lowest BCUT2D eigenvalue weighted by molar-refractivity contribution is -0.191. The van der Waals surface area contributed by atoms with Gasteiger partial charge >= 0.3 is 5.97 Å². The molecule has 0 heterocycles.